The second kappa shape index (κ2) is 23.2. The maximum Gasteiger partial charge on any atom is 0.0736 e. The van der Waals surface area contributed by atoms with Crippen molar-refractivity contribution in [2.75, 3.05) is 0 Å². The average Bonchev–Trinajstić information content (AvgIpc) is 4.11. The van der Waals surface area contributed by atoms with Crippen LogP contribution in [0.1, 0.15) is 197 Å². The first-order valence-corrected chi connectivity index (χ1v) is 31.2. The molecule has 2 aliphatic rings. The standard InChI is InChI=1S/C68H74Br2S2/c1-5-9-13-17-25-47-29-21-33-51(41-47)67(52-34-22-30-48(42-52)26-18-14-10-6-2)59-45-55(69)37-39-57(59)63-61(67)65-66(71-63)62-64(72-65)58-40-38-56(70)46-60(58)68(62,53-35-23-31-49(43-53)27-19-15-11-7-3)54-36-24-32-50(44-54)28-20-16-12-8-4/h21-24,29-46H,5-20,25-28H2,1-4H3. The molecular formula is C68H74Br2S2. The van der Waals surface area contributed by atoms with Crippen LogP contribution in [0.2, 0.25) is 0 Å². The summed E-state index contributed by atoms with van der Waals surface area (Å²) in [7, 11) is 0. The number of halogens is 2. The first-order valence-electron chi connectivity index (χ1n) is 27.9. The highest BCUT2D eigenvalue weighted by molar-refractivity contribution is 9.10. The molecule has 0 atom stereocenters. The summed E-state index contributed by atoms with van der Waals surface area (Å²) < 4.78 is 5.19. The molecule has 8 aromatic rings. The van der Waals surface area contributed by atoms with Gasteiger partial charge in [0.05, 0.1) is 20.2 Å². The molecule has 72 heavy (non-hydrogen) atoms. The Labute approximate surface area is 457 Å². The summed E-state index contributed by atoms with van der Waals surface area (Å²) in [5, 5.41) is 0. The van der Waals surface area contributed by atoms with Crippen molar-refractivity contribution >= 4 is 63.9 Å². The predicted octanol–water partition coefficient (Wildman–Crippen LogP) is 21.7. The summed E-state index contributed by atoms with van der Waals surface area (Å²) >= 11 is 12.3. The number of aryl methyl sites for hydroxylation is 4. The number of benzene rings is 6. The lowest BCUT2D eigenvalue weighted by atomic mass is 9.66. The molecule has 2 aliphatic carbocycles. The van der Waals surface area contributed by atoms with Crippen molar-refractivity contribution in [2.45, 2.75) is 167 Å². The number of fused-ring (bicyclic) bond motifs is 9. The fraction of sp³-hybridized carbons (Fsp3) is 0.382. The molecule has 0 nitrogen and oxygen atoms in total. The molecule has 0 amide bonds. The summed E-state index contributed by atoms with van der Waals surface area (Å²) in [6, 6.07) is 53.8. The largest absolute Gasteiger partial charge is 0.134 e. The van der Waals surface area contributed by atoms with Crippen molar-refractivity contribution in [3.8, 4) is 20.9 Å². The first-order chi connectivity index (χ1) is 35.4. The highest BCUT2D eigenvalue weighted by Gasteiger charge is 2.54. The Morgan fingerprint density at radius 1 is 0.347 bits per heavy atom. The van der Waals surface area contributed by atoms with Gasteiger partial charge in [-0.15, -0.1) is 22.7 Å². The van der Waals surface area contributed by atoms with E-state index in [0.717, 1.165) is 34.6 Å². The lowest BCUT2D eigenvalue weighted by Gasteiger charge is -2.35. The Bertz CT molecular complexity index is 2820. The van der Waals surface area contributed by atoms with Crippen LogP contribution in [-0.2, 0) is 36.5 Å². The van der Waals surface area contributed by atoms with E-state index in [4.69, 9.17) is 0 Å². The molecule has 0 bridgehead atoms. The van der Waals surface area contributed by atoms with Gasteiger partial charge in [-0.1, -0.05) is 246 Å². The van der Waals surface area contributed by atoms with Crippen molar-refractivity contribution in [1.82, 2.24) is 0 Å². The molecule has 0 saturated carbocycles. The van der Waals surface area contributed by atoms with Crippen molar-refractivity contribution in [1.29, 1.82) is 0 Å². The Morgan fingerprint density at radius 3 is 0.944 bits per heavy atom. The zero-order chi connectivity index (χ0) is 49.7. The van der Waals surface area contributed by atoms with Gasteiger partial charge in [0.15, 0.2) is 0 Å². The van der Waals surface area contributed by atoms with Crippen molar-refractivity contribution < 1.29 is 0 Å². The smallest absolute Gasteiger partial charge is 0.0736 e. The van der Waals surface area contributed by atoms with Crippen molar-refractivity contribution in [2.24, 2.45) is 0 Å². The fourth-order valence-corrected chi connectivity index (χ4v) is 16.6. The van der Waals surface area contributed by atoms with E-state index in [-0.39, 0.29) is 0 Å². The first kappa shape index (κ1) is 51.4. The molecule has 0 aliphatic heterocycles. The number of hydrogen-bond acceptors (Lipinski definition) is 2. The van der Waals surface area contributed by atoms with Gasteiger partial charge >= 0.3 is 0 Å². The van der Waals surface area contributed by atoms with Gasteiger partial charge in [0.25, 0.3) is 0 Å². The Hall–Kier alpha value is -4.06. The van der Waals surface area contributed by atoms with E-state index in [0.29, 0.717) is 0 Å². The lowest BCUT2D eigenvalue weighted by Crippen LogP contribution is -2.29. The van der Waals surface area contributed by atoms with E-state index in [9.17, 15) is 0 Å². The van der Waals surface area contributed by atoms with E-state index >= 15 is 0 Å². The second-order valence-corrected chi connectivity index (χ2v) is 25.1. The van der Waals surface area contributed by atoms with Gasteiger partial charge < -0.3 is 0 Å². The third kappa shape index (κ3) is 9.63. The van der Waals surface area contributed by atoms with E-state index in [1.165, 1.54) is 200 Å². The van der Waals surface area contributed by atoms with E-state index in [1.807, 2.05) is 0 Å². The van der Waals surface area contributed by atoms with Crippen LogP contribution in [-0.4, -0.2) is 0 Å². The van der Waals surface area contributed by atoms with Crippen LogP contribution in [0.15, 0.2) is 142 Å². The molecule has 0 fully saturated rings. The Morgan fingerprint density at radius 2 is 0.653 bits per heavy atom. The minimum atomic E-state index is -0.508. The van der Waals surface area contributed by atoms with Gasteiger partial charge in [0.2, 0.25) is 0 Å². The van der Waals surface area contributed by atoms with Crippen LogP contribution in [0.5, 0.6) is 0 Å². The van der Waals surface area contributed by atoms with Crippen molar-refractivity contribution in [3.05, 3.63) is 209 Å². The maximum atomic E-state index is 4.06. The van der Waals surface area contributed by atoms with Crippen LogP contribution in [0.25, 0.3) is 30.3 Å². The number of thiophene rings is 2. The summed E-state index contributed by atoms with van der Waals surface area (Å²) in [6.07, 6.45) is 24.6. The number of unbranched alkanes of at least 4 members (excludes halogenated alkanes) is 12. The number of hydrogen-bond donors (Lipinski definition) is 0. The van der Waals surface area contributed by atoms with Gasteiger partial charge in [-0.2, -0.15) is 0 Å². The van der Waals surface area contributed by atoms with Crippen LogP contribution in [0, 0.1) is 0 Å². The molecule has 4 heteroatoms. The molecule has 2 aromatic heterocycles. The molecule has 10 rings (SSSR count). The van der Waals surface area contributed by atoms with Crippen LogP contribution >= 0.6 is 54.5 Å². The molecule has 0 unspecified atom stereocenters. The molecule has 0 radical (unpaired) electrons. The highest BCUT2D eigenvalue weighted by atomic mass is 79.9. The molecule has 372 valence electrons. The highest BCUT2D eigenvalue weighted by Crippen LogP contribution is 2.68. The molecule has 6 aromatic carbocycles. The normalized spacial score (nSPS) is 13.9. The van der Waals surface area contributed by atoms with Crippen LogP contribution in [0.3, 0.4) is 0 Å². The molecule has 0 N–H and O–H groups in total. The zero-order valence-corrected chi connectivity index (χ0v) is 48.2. The minimum absolute atomic E-state index is 0.508. The summed E-state index contributed by atoms with van der Waals surface area (Å²) in [5.41, 5.74) is 18.9. The minimum Gasteiger partial charge on any atom is -0.134 e. The van der Waals surface area contributed by atoms with Gasteiger partial charge in [-0.25, -0.2) is 0 Å². The quantitative estimate of drug-likeness (QED) is 0.0529. The van der Waals surface area contributed by atoms with Gasteiger partial charge in [-0.3, -0.25) is 0 Å². The SMILES string of the molecule is CCCCCCc1cccc(C2(c3cccc(CCCCCC)c3)c3cc(Br)ccc3-c3sc4c5c(sc4c32)-c2ccc(Br)cc2C5(c2cccc(CCCCCC)c2)c2cccc(CCCCCC)c2)c1. The third-order valence-corrected chi connectivity index (χ3v) is 19.8. The van der Waals surface area contributed by atoms with Gasteiger partial charge in [-0.05, 0) is 142 Å². The van der Waals surface area contributed by atoms with Crippen LogP contribution < -0.4 is 0 Å². The topological polar surface area (TPSA) is 0 Å². The van der Waals surface area contributed by atoms with E-state index in [1.54, 1.807) is 0 Å². The summed E-state index contributed by atoms with van der Waals surface area (Å²) in [6.45, 7) is 9.27. The number of rotatable bonds is 24. The third-order valence-electron chi connectivity index (χ3n) is 16.2. The second-order valence-electron chi connectivity index (χ2n) is 21.2. The van der Waals surface area contributed by atoms with Gasteiger partial charge in [0.1, 0.15) is 0 Å². The van der Waals surface area contributed by atoms with E-state index in [2.05, 4.69) is 216 Å². The zero-order valence-electron chi connectivity index (χ0n) is 43.4. The summed E-state index contributed by atoms with van der Waals surface area (Å²) in [5.74, 6) is 0. The van der Waals surface area contributed by atoms with Crippen molar-refractivity contribution in [3.63, 3.8) is 0 Å². The van der Waals surface area contributed by atoms with E-state index < -0.39 is 10.8 Å². The summed E-state index contributed by atoms with van der Waals surface area (Å²) in [4.78, 5) is 2.87. The predicted molar refractivity (Wildman–Crippen MR) is 321 cm³/mol. The average molecular weight is 1120 g/mol. The Kier molecular flexibility index (Phi) is 16.6. The Balaban J connectivity index is 1.27. The molecular weight excluding hydrogens is 1040 g/mol. The molecule has 0 saturated heterocycles. The fourth-order valence-electron chi connectivity index (χ4n) is 12.7. The monoisotopic (exact) mass is 1110 g/mol. The van der Waals surface area contributed by atoms with Crippen LogP contribution in [0.4, 0.5) is 0 Å². The van der Waals surface area contributed by atoms with Gasteiger partial charge in [0, 0.05) is 29.8 Å². The lowest BCUT2D eigenvalue weighted by molar-refractivity contribution is 0.664. The molecule has 2 heterocycles. The maximum absolute atomic E-state index is 4.06. The molecule has 0 spiro atoms.